The van der Waals surface area contributed by atoms with E-state index in [1.165, 1.54) is 5.56 Å². The Morgan fingerprint density at radius 1 is 1.30 bits per heavy atom. The number of rotatable bonds is 3. The highest BCUT2D eigenvalue weighted by Crippen LogP contribution is 2.34. The lowest BCUT2D eigenvalue weighted by Crippen LogP contribution is -2.15. The number of fused-ring (bicyclic) bond motifs is 1. The molecule has 0 amide bonds. The molecule has 0 unspecified atom stereocenters. The standard InChI is InChI=1S/C19H19N3O/c1-12(21)17-10-15(6-8-18(17)22)23-19-4-2-3-14-9-13(11-20)5-7-16(14)19/h5-10,19,21H,2-4,22H2,1H3/t19-/m1/s1. The van der Waals surface area contributed by atoms with E-state index in [-0.39, 0.29) is 6.10 Å². The van der Waals surface area contributed by atoms with Crippen LogP contribution in [0.15, 0.2) is 36.4 Å². The normalized spacial score (nSPS) is 16.3. The first-order valence-electron chi connectivity index (χ1n) is 7.73. The summed E-state index contributed by atoms with van der Waals surface area (Å²) in [6, 6.07) is 13.4. The highest BCUT2D eigenvalue weighted by molar-refractivity contribution is 6.01. The highest BCUT2D eigenvalue weighted by atomic mass is 16.5. The van der Waals surface area contributed by atoms with Crippen molar-refractivity contribution in [1.29, 1.82) is 10.7 Å². The molecule has 3 rings (SSSR count). The lowest BCUT2D eigenvalue weighted by atomic mass is 9.88. The third-order valence-electron chi connectivity index (χ3n) is 4.24. The molecule has 0 aliphatic heterocycles. The van der Waals surface area contributed by atoms with Crippen molar-refractivity contribution in [3.8, 4) is 11.8 Å². The number of nitrogens with two attached hydrogens (primary N) is 1. The molecule has 0 fully saturated rings. The number of hydrogen-bond acceptors (Lipinski definition) is 4. The average Bonchev–Trinajstić information content (AvgIpc) is 2.56. The number of ether oxygens (including phenoxy) is 1. The van der Waals surface area contributed by atoms with Crippen LogP contribution >= 0.6 is 0 Å². The van der Waals surface area contributed by atoms with Crippen LogP contribution in [0.25, 0.3) is 0 Å². The summed E-state index contributed by atoms with van der Waals surface area (Å²) in [5, 5.41) is 16.8. The van der Waals surface area contributed by atoms with Crippen molar-refractivity contribution in [1.82, 2.24) is 0 Å². The Hall–Kier alpha value is -2.80. The molecule has 0 heterocycles. The predicted molar refractivity (Wildman–Crippen MR) is 90.8 cm³/mol. The number of hydrogen-bond donors (Lipinski definition) is 2. The third-order valence-corrected chi connectivity index (χ3v) is 4.24. The SMILES string of the molecule is CC(=N)c1cc(O[C@@H]2CCCc3cc(C#N)ccc32)ccc1N. The zero-order chi connectivity index (χ0) is 16.4. The largest absolute Gasteiger partial charge is 0.486 e. The van der Waals surface area contributed by atoms with Crippen LogP contribution in [0, 0.1) is 16.7 Å². The zero-order valence-electron chi connectivity index (χ0n) is 13.1. The molecule has 1 aliphatic rings. The molecule has 2 aromatic carbocycles. The smallest absolute Gasteiger partial charge is 0.124 e. The monoisotopic (exact) mass is 305 g/mol. The van der Waals surface area contributed by atoms with Gasteiger partial charge in [0, 0.05) is 17.0 Å². The second-order valence-corrected chi connectivity index (χ2v) is 5.90. The van der Waals surface area contributed by atoms with Crippen molar-refractivity contribution in [2.45, 2.75) is 32.3 Å². The van der Waals surface area contributed by atoms with E-state index in [2.05, 4.69) is 6.07 Å². The zero-order valence-corrected chi connectivity index (χ0v) is 13.1. The summed E-state index contributed by atoms with van der Waals surface area (Å²) in [6.07, 6.45) is 2.95. The minimum atomic E-state index is -0.0194. The van der Waals surface area contributed by atoms with Gasteiger partial charge in [-0.2, -0.15) is 5.26 Å². The molecule has 0 saturated heterocycles. The summed E-state index contributed by atoms with van der Waals surface area (Å²) in [7, 11) is 0. The summed E-state index contributed by atoms with van der Waals surface area (Å²) in [5.74, 6) is 0.725. The molecule has 1 atom stereocenters. The van der Waals surface area contributed by atoms with Gasteiger partial charge in [0.1, 0.15) is 11.9 Å². The van der Waals surface area contributed by atoms with E-state index in [0.717, 1.165) is 30.6 Å². The van der Waals surface area contributed by atoms with Crippen LogP contribution in [-0.2, 0) is 6.42 Å². The molecule has 0 aromatic heterocycles. The summed E-state index contributed by atoms with van der Waals surface area (Å²) < 4.78 is 6.17. The van der Waals surface area contributed by atoms with E-state index in [9.17, 15) is 0 Å². The summed E-state index contributed by atoms with van der Waals surface area (Å²) in [4.78, 5) is 0. The molecule has 4 nitrogen and oxygen atoms in total. The number of nitrogens with zero attached hydrogens (tertiary/aromatic N) is 1. The first-order chi connectivity index (χ1) is 11.1. The van der Waals surface area contributed by atoms with E-state index in [1.54, 1.807) is 13.0 Å². The second-order valence-electron chi connectivity index (χ2n) is 5.90. The highest BCUT2D eigenvalue weighted by Gasteiger charge is 2.22. The first-order valence-corrected chi connectivity index (χ1v) is 7.73. The molecule has 1 aliphatic carbocycles. The van der Waals surface area contributed by atoms with E-state index in [4.69, 9.17) is 21.1 Å². The van der Waals surface area contributed by atoms with Gasteiger partial charge in [-0.1, -0.05) is 6.07 Å². The number of nitriles is 1. The Labute approximate surface area is 136 Å². The molecule has 0 bridgehead atoms. The van der Waals surface area contributed by atoms with Gasteiger partial charge in [0.05, 0.1) is 11.6 Å². The van der Waals surface area contributed by atoms with Gasteiger partial charge in [0.25, 0.3) is 0 Å². The van der Waals surface area contributed by atoms with Gasteiger partial charge >= 0.3 is 0 Å². The van der Waals surface area contributed by atoms with Gasteiger partial charge in [-0.05, 0) is 67.6 Å². The number of nitrogens with one attached hydrogen (secondary N) is 1. The fourth-order valence-electron chi connectivity index (χ4n) is 3.06. The maximum absolute atomic E-state index is 9.04. The minimum absolute atomic E-state index is 0.0194. The van der Waals surface area contributed by atoms with Gasteiger partial charge in [-0.3, -0.25) is 0 Å². The van der Waals surface area contributed by atoms with Gasteiger partial charge < -0.3 is 15.9 Å². The van der Waals surface area contributed by atoms with Gasteiger partial charge in [-0.15, -0.1) is 0 Å². The topological polar surface area (TPSA) is 82.9 Å². The molecule has 3 N–H and O–H groups in total. The van der Waals surface area contributed by atoms with Crippen molar-refractivity contribution in [2.24, 2.45) is 0 Å². The molecule has 23 heavy (non-hydrogen) atoms. The Morgan fingerprint density at radius 3 is 2.87 bits per heavy atom. The molecule has 0 spiro atoms. The van der Waals surface area contributed by atoms with Crippen LogP contribution < -0.4 is 10.5 Å². The minimum Gasteiger partial charge on any atom is -0.486 e. The molecule has 116 valence electrons. The third kappa shape index (κ3) is 3.04. The van der Waals surface area contributed by atoms with E-state index >= 15 is 0 Å². The molecule has 2 aromatic rings. The second kappa shape index (κ2) is 6.13. The predicted octanol–water partition coefficient (Wildman–Crippen LogP) is 3.98. The van der Waals surface area contributed by atoms with E-state index in [1.807, 2.05) is 30.3 Å². The van der Waals surface area contributed by atoms with Crippen LogP contribution in [-0.4, -0.2) is 5.71 Å². The summed E-state index contributed by atoms with van der Waals surface area (Å²) in [5.41, 5.74) is 10.7. The molecular weight excluding hydrogens is 286 g/mol. The summed E-state index contributed by atoms with van der Waals surface area (Å²) in [6.45, 7) is 1.72. The van der Waals surface area contributed by atoms with Crippen LogP contribution in [0.4, 0.5) is 5.69 Å². The molecule has 4 heteroatoms. The first kappa shape index (κ1) is 15.1. The van der Waals surface area contributed by atoms with Crippen molar-refractivity contribution < 1.29 is 4.74 Å². The van der Waals surface area contributed by atoms with Gasteiger partial charge in [0.15, 0.2) is 0 Å². The van der Waals surface area contributed by atoms with E-state index in [0.29, 0.717) is 22.5 Å². The molecule has 0 saturated carbocycles. The van der Waals surface area contributed by atoms with Crippen molar-refractivity contribution >= 4 is 11.4 Å². The quantitative estimate of drug-likeness (QED) is 0.664. The number of anilines is 1. The number of benzene rings is 2. The average molecular weight is 305 g/mol. The van der Waals surface area contributed by atoms with Gasteiger partial charge in [-0.25, -0.2) is 0 Å². The van der Waals surface area contributed by atoms with Gasteiger partial charge in [0.2, 0.25) is 0 Å². The Morgan fingerprint density at radius 2 is 2.13 bits per heavy atom. The van der Waals surface area contributed by atoms with Crippen LogP contribution in [0.2, 0.25) is 0 Å². The molecular formula is C19H19N3O. The van der Waals surface area contributed by atoms with Crippen molar-refractivity contribution in [3.05, 3.63) is 58.7 Å². The fraction of sp³-hybridized carbons (Fsp3) is 0.263. The summed E-state index contributed by atoms with van der Waals surface area (Å²) >= 11 is 0. The number of nitrogen functional groups attached to an aromatic ring is 1. The van der Waals surface area contributed by atoms with E-state index < -0.39 is 0 Å². The maximum Gasteiger partial charge on any atom is 0.124 e. The molecule has 0 radical (unpaired) electrons. The van der Waals surface area contributed by atoms with Crippen LogP contribution in [0.1, 0.15) is 48.1 Å². The van der Waals surface area contributed by atoms with Crippen LogP contribution in [0.5, 0.6) is 5.75 Å². The lowest BCUT2D eigenvalue weighted by molar-refractivity contribution is 0.183. The maximum atomic E-state index is 9.04. The van der Waals surface area contributed by atoms with Crippen molar-refractivity contribution in [2.75, 3.05) is 5.73 Å². The van der Waals surface area contributed by atoms with Crippen LogP contribution in [0.3, 0.4) is 0 Å². The lowest BCUT2D eigenvalue weighted by Gasteiger charge is -2.26. The number of aryl methyl sites for hydroxylation is 1. The van der Waals surface area contributed by atoms with Crippen molar-refractivity contribution in [3.63, 3.8) is 0 Å². The Balaban J connectivity index is 1.89. The Bertz CT molecular complexity index is 805. The fourth-order valence-corrected chi connectivity index (χ4v) is 3.06. The Kier molecular flexibility index (Phi) is 4.03.